The van der Waals surface area contributed by atoms with E-state index in [1.165, 1.54) is 0 Å². The molecular weight excluding hydrogens is 176 g/mol. The van der Waals surface area contributed by atoms with Crippen molar-refractivity contribution in [2.75, 3.05) is 19.8 Å². The number of nitrogens with zero attached hydrogens (tertiary/aromatic N) is 2. The number of aliphatic hydroxyl groups is 1. The van der Waals surface area contributed by atoms with Crippen LogP contribution in [-0.2, 0) is 0 Å². The fourth-order valence-corrected chi connectivity index (χ4v) is 1.55. The Labute approximate surface area is 83.0 Å². The van der Waals surface area contributed by atoms with E-state index in [2.05, 4.69) is 22.2 Å². The molecule has 0 aromatic heterocycles. The molecule has 14 heavy (non-hydrogen) atoms. The molecule has 0 radical (unpaired) electrons. The monoisotopic (exact) mass is 190 g/mol. The Hall–Kier alpha value is -1.35. The van der Waals surface area contributed by atoms with Crippen LogP contribution in [0.25, 0.3) is 6.20 Å². The molecular formula is C11H14N2O. The Morgan fingerprint density at radius 3 is 3.07 bits per heavy atom. The number of para-hydroxylation sites is 1. The zero-order chi connectivity index (χ0) is 9.80. The van der Waals surface area contributed by atoms with Gasteiger partial charge in [-0.1, -0.05) is 18.2 Å². The van der Waals surface area contributed by atoms with E-state index in [4.69, 9.17) is 5.11 Å². The van der Waals surface area contributed by atoms with Crippen molar-refractivity contribution >= 4 is 6.20 Å². The molecule has 74 valence electrons. The van der Waals surface area contributed by atoms with E-state index in [-0.39, 0.29) is 6.61 Å². The molecule has 0 amide bonds. The molecule has 2 rings (SSSR count). The molecule has 1 aromatic carbocycles. The molecule has 0 bridgehead atoms. The topological polar surface area (TPSA) is 35.8 Å². The standard InChI is InChI=1S/C11H14N2O/c14-7-3-6-13-8-10-4-1-2-5-11(10)12-9-13/h1-2,4-5,8,14H,3,6-7,9H2. The van der Waals surface area contributed by atoms with Crippen LogP contribution in [-0.4, -0.2) is 29.8 Å². The maximum absolute atomic E-state index is 8.72. The zero-order valence-electron chi connectivity index (χ0n) is 8.06. The third-order valence-corrected chi connectivity index (χ3v) is 2.28. The summed E-state index contributed by atoms with van der Waals surface area (Å²) in [6, 6.07) is 8.10. The van der Waals surface area contributed by atoms with Gasteiger partial charge >= 0.3 is 0 Å². The summed E-state index contributed by atoms with van der Waals surface area (Å²) in [5.74, 6) is 0. The predicted octanol–water partition coefficient (Wildman–Crippen LogP) is -0.300. The van der Waals surface area contributed by atoms with Crippen LogP contribution in [0.2, 0.25) is 0 Å². The number of hydrogen-bond donors (Lipinski definition) is 1. The highest BCUT2D eigenvalue weighted by Crippen LogP contribution is 1.94. The van der Waals surface area contributed by atoms with Gasteiger partial charge in [0, 0.05) is 24.6 Å². The van der Waals surface area contributed by atoms with Crippen LogP contribution in [0.3, 0.4) is 0 Å². The quantitative estimate of drug-likeness (QED) is 0.710. The molecule has 3 nitrogen and oxygen atoms in total. The minimum atomic E-state index is 0.242. The summed E-state index contributed by atoms with van der Waals surface area (Å²) in [6.07, 6.45) is 2.91. The normalized spacial score (nSPS) is 14.2. The summed E-state index contributed by atoms with van der Waals surface area (Å²) in [6.45, 7) is 1.82. The lowest BCUT2D eigenvalue weighted by molar-refractivity contribution is 0.265. The van der Waals surface area contributed by atoms with Gasteiger partial charge in [0.1, 0.15) is 6.67 Å². The van der Waals surface area contributed by atoms with Gasteiger partial charge in [0.05, 0.1) is 5.36 Å². The van der Waals surface area contributed by atoms with Gasteiger partial charge in [-0.15, -0.1) is 0 Å². The minimum absolute atomic E-state index is 0.242. The molecule has 0 aliphatic carbocycles. The molecule has 1 N–H and O–H groups in total. The third-order valence-electron chi connectivity index (χ3n) is 2.28. The summed E-state index contributed by atoms with van der Waals surface area (Å²) < 4.78 is 0. The van der Waals surface area contributed by atoms with Crippen molar-refractivity contribution in [1.82, 2.24) is 4.90 Å². The van der Waals surface area contributed by atoms with Gasteiger partial charge in [0.15, 0.2) is 0 Å². The van der Waals surface area contributed by atoms with E-state index in [1.54, 1.807) is 0 Å². The predicted molar refractivity (Wildman–Crippen MR) is 55.0 cm³/mol. The van der Waals surface area contributed by atoms with Crippen molar-refractivity contribution in [2.24, 2.45) is 4.99 Å². The van der Waals surface area contributed by atoms with E-state index in [0.29, 0.717) is 6.67 Å². The molecule has 1 aliphatic heterocycles. The number of hydrogen-bond acceptors (Lipinski definition) is 3. The van der Waals surface area contributed by atoms with Crippen LogP contribution in [0.15, 0.2) is 29.3 Å². The van der Waals surface area contributed by atoms with E-state index in [1.807, 2.05) is 18.2 Å². The average Bonchev–Trinajstić information content (AvgIpc) is 2.26. The first-order chi connectivity index (χ1) is 6.90. The first-order valence-electron chi connectivity index (χ1n) is 4.86. The Morgan fingerprint density at radius 1 is 1.36 bits per heavy atom. The van der Waals surface area contributed by atoms with E-state index in [9.17, 15) is 0 Å². The number of rotatable bonds is 3. The molecule has 1 aromatic rings. The molecule has 0 spiro atoms. The van der Waals surface area contributed by atoms with Crippen molar-refractivity contribution in [3.05, 3.63) is 34.8 Å². The molecule has 1 aliphatic rings. The van der Waals surface area contributed by atoms with Crippen LogP contribution in [0.1, 0.15) is 6.42 Å². The highest BCUT2D eigenvalue weighted by atomic mass is 16.3. The van der Waals surface area contributed by atoms with Crippen LogP contribution >= 0.6 is 0 Å². The summed E-state index contributed by atoms with van der Waals surface area (Å²) in [5, 5.41) is 10.9. The molecule has 0 saturated heterocycles. The van der Waals surface area contributed by atoms with Crippen LogP contribution < -0.4 is 10.6 Å². The highest BCUT2D eigenvalue weighted by Gasteiger charge is 2.01. The number of aliphatic hydroxyl groups excluding tert-OH is 1. The van der Waals surface area contributed by atoms with Crippen LogP contribution in [0.5, 0.6) is 0 Å². The first-order valence-corrected chi connectivity index (χ1v) is 4.86. The van der Waals surface area contributed by atoms with Gasteiger partial charge in [0.25, 0.3) is 0 Å². The largest absolute Gasteiger partial charge is 0.396 e. The lowest BCUT2D eigenvalue weighted by Gasteiger charge is -2.19. The first kappa shape index (κ1) is 9.21. The SMILES string of the molecule is OCCCN1C=c2ccccc2=NC1. The smallest absolute Gasteiger partial charge is 0.110 e. The van der Waals surface area contributed by atoms with Crippen molar-refractivity contribution in [3.8, 4) is 0 Å². The van der Waals surface area contributed by atoms with E-state index in [0.717, 1.165) is 23.5 Å². The van der Waals surface area contributed by atoms with Crippen molar-refractivity contribution in [3.63, 3.8) is 0 Å². The van der Waals surface area contributed by atoms with Crippen molar-refractivity contribution in [2.45, 2.75) is 6.42 Å². The molecule has 1 heterocycles. The summed E-state index contributed by atoms with van der Waals surface area (Å²) in [7, 11) is 0. The number of benzene rings is 1. The Balaban J connectivity index is 2.21. The average molecular weight is 190 g/mol. The lowest BCUT2D eigenvalue weighted by Crippen LogP contribution is -2.36. The van der Waals surface area contributed by atoms with Crippen molar-refractivity contribution < 1.29 is 5.11 Å². The highest BCUT2D eigenvalue weighted by molar-refractivity contribution is 5.23. The Morgan fingerprint density at radius 2 is 2.21 bits per heavy atom. The van der Waals surface area contributed by atoms with Crippen LogP contribution in [0.4, 0.5) is 0 Å². The van der Waals surface area contributed by atoms with Crippen LogP contribution in [0, 0.1) is 0 Å². The fraction of sp³-hybridized carbons (Fsp3) is 0.364. The summed E-state index contributed by atoms with van der Waals surface area (Å²) in [5.41, 5.74) is 0. The van der Waals surface area contributed by atoms with Gasteiger partial charge in [-0.3, -0.25) is 4.99 Å². The van der Waals surface area contributed by atoms with Gasteiger partial charge < -0.3 is 10.0 Å². The third kappa shape index (κ3) is 1.93. The minimum Gasteiger partial charge on any atom is -0.396 e. The van der Waals surface area contributed by atoms with E-state index >= 15 is 0 Å². The Kier molecular flexibility index (Phi) is 2.79. The second-order valence-electron chi connectivity index (χ2n) is 3.38. The molecule has 3 heteroatoms. The maximum atomic E-state index is 8.72. The van der Waals surface area contributed by atoms with Gasteiger partial charge in [0.2, 0.25) is 0 Å². The fourth-order valence-electron chi connectivity index (χ4n) is 1.55. The molecule has 0 atom stereocenters. The van der Waals surface area contributed by atoms with Gasteiger partial charge in [-0.25, -0.2) is 0 Å². The van der Waals surface area contributed by atoms with Gasteiger partial charge in [-0.05, 0) is 12.5 Å². The zero-order valence-corrected chi connectivity index (χ0v) is 8.06. The second kappa shape index (κ2) is 4.24. The Bertz CT molecular complexity index is 414. The maximum Gasteiger partial charge on any atom is 0.110 e. The molecule has 0 fully saturated rings. The molecule has 0 saturated carbocycles. The van der Waals surface area contributed by atoms with Crippen molar-refractivity contribution in [1.29, 1.82) is 0 Å². The van der Waals surface area contributed by atoms with Gasteiger partial charge in [-0.2, -0.15) is 0 Å². The molecule has 0 unspecified atom stereocenters. The summed E-state index contributed by atoms with van der Waals surface area (Å²) >= 11 is 0. The summed E-state index contributed by atoms with van der Waals surface area (Å²) in [4.78, 5) is 6.56. The second-order valence-corrected chi connectivity index (χ2v) is 3.38. The lowest BCUT2D eigenvalue weighted by atomic mass is 10.2. The van der Waals surface area contributed by atoms with E-state index < -0.39 is 0 Å². The number of fused-ring (bicyclic) bond motifs is 1.